The predicted octanol–water partition coefficient (Wildman–Crippen LogP) is 1.20. The molecule has 2 N–H and O–H groups in total. The summed E-state index contributed by atoms with van der Waals surface area (Å²) in [5, 5.41) is 9.11. The zero-order valence-electron chi connectivity index (χ0n) is 12.1. The second kappa shape index (κ2) is 4.28. The summed E-state index contributed by atoms with van der Waals surface area (Å²) >= 11 is 0. The molecule has 2 fully saturated rings. The minimum absolute atomic E-state index is 0.0247. The maximum atomic E-state index is 12.5. The van der Waals surface area contributed by atoms with E-state index in [2.05, 4.69) is 5.48 Å². The minimum Gasteiger partial charge on any atom is -0.393 e. The van der Waals surface area contributed by atoms with E-state index >= 15 is 0 Å². The van der Waals surface area contributed by atoms with E-state index < -0.39 is 11.0 Å². The Bertz CT molecular complexity index is 416. The number of hydrogen-bond donors (Lipinski definition) is 2. The van der Waals surface area contributed by atoms with Crippen LogP contribution in [0.2, 0.25) is 0 Å². The Morgan fingerprint density at radius 1 is 1.53 bits per heavy atom. The first kappa shape index (κ1) is 14.5. The molecule has 0 saturated heterocycles. The summed E-state index contributed by atoms with van der Waals surface area (Å²) in [6, 6.07) is 0. The number of nitrogens with one attached hydrogen (secondary N) is 1. The topological polar surface area (TPSA) is 75.6 Å². The van der Waals surface area contributed by atoms with Gasteiger partial charge in [0.1, 0.15) is 16.8 Å². The Balaban J connectivity index is 2.16. The number of carbonyl (C=O) groups excluding carboxylic acids is 2. The maximum Gasteiger partial charge on any atom is 0.257 e. The van der Waals surface area contributed by atoms with Crippen LogP contribution in [-0.2, 0) is 14.4 Å². The maximum absolute atomic E-state index is 12.5. The first-order chi connectivity index (χ1) is 8.67. The van der Waals surface area contributed by atoms with Crippen LogP contribution in [0.3, 0.4) is 0 Å². The van der Waals surface area contributed by atoms with Crippen LogP contribution in [0.5, 0.6) is 0 Å². The van der Waals surface area contributed by atoms with E-state index in [0.717, 1.165) is 6.42 Å². The van der Waals surface area contributed by atoms with Crippen LogP contribution in [0, 0.1) is 16.7 Å². The third-order valence-electron chi connectivity index (χ3n) is 5.08. The second-order valence-corrected chi connectivity index (χ2v) is 6.94. The number of amides is 1. The fourth-order valence-electron chi connectivity index (χ4n) is 3.51. The molecule has 5 nitrogen and oxygen atoms in total. The second-order valence-electron chi connectivity index (χ2n) is 6.94. The van der Waals surface area contributed by atoms with E-state index in [1.807, 2.05) is 13.8 Å². The summed E-state index contributed by atoms with van der Waals surface area (Å²) in [7, 11) is 0. The molecule has 2 atom stereocenters. The molecule has 108 valence electrons. The van der Waals surface area contributed by atoms with E-state index in [4.69, 9.17) is 9.94 Å². The van der Waals surface area contributed by atoms with Crippen molar-refractivity contribution < 1.29 is 19.5 Å². The molecule has 0 heterocycles. The van der Waals surface area contributed by atoms with Crippen LogP contribution in [0.25, 0.3) is 0 Å². The minimum atomic E-state index is -0.955. The third kappa shape index (κ3) is 1.91. The SMILES string of the molecule is CC(C)(CO)ONC(=O)[C@]12CC[C@H](CC1=O)C2(C)C. The lowest BCUT2D eigenvalue weighted by Crippen LogP contribution is -2.52. The highest BCUT2D eigenvalue weighted by molar-refractivity contribution is 6.09. The van der Waals surface area contributed by atoms with E-state index in [1.54, 1.807) is 13.8 Å². The normalized spacial score (nSPS) is 32.7. The van der Waals surface area contributed by atoms with E-state index in [1.165, 1.54) is 0 Å². The quantitative estimate of drug-likeness (QED) is 0.594. The van der Waals surface area contributed by atoms with Gasteiger partial charge in [0.05, 0.1) is 6.61 Å². The zero-order valence-corrected chi connectivity index (χ0v) is 12.1. The number of fused-ring (bicyclic) bond motifs is 2. The third-order valence-corrected chi connectivity index (χ3v) is 5.08. The van der Waals surface area contributed by atoms with Crippen molar-refractivity contribution in [2.24, 2.45) is 16.7 Å². The van der Waals surface area contributed by atoms with Gasteiger partial charge in [-0.15, -0.1) is 0 Å². The highest BCUT2D eigenvalue weighted by Crippen LogP contribution is 2.63. The molecule has 0 radical (unpaired) electrons. The molecule has 1 amide bonds. The number of carbonyl (C=O) groups is 2. The van der Waals surface area contributed by atoms with Crippen molar-refractivity contribution in [3.05, 3.63) is 0 Å². The Hall–Kier alpha value is -0.940. The van der Waals surface area contributed by atoms with E-state index in [-0.39, 0.29) is 29.6 Å². The molecule has 2 aliphatic rings. The van der Waals surface area contributed by atoms with E-state index in [0.29, 0.717) is 12.8 Å². The van der Waals surface area contributed by atoms with Crippen molar-refractivity contribution in [1.29, 1.82) is 0 Å². The summed E-state index contributed by atoms with van der Waals surface area (Å²) in [5.41, 5.74) is 0.276. The Labute approximate surface area is 113 Å². The smallest absolute Gasteiger partial charge is 0.257 e. The molecule has 0 aromatic rings. The van der Waals surface area contributed by atoms with Crippen LogP contribution in [0.15, 0.2) is 0 Å². The van der Waals surface area contributed by atoms with Crippen LogP contribution in [0.1, 0.15) is 47.0 Å². The van der Waals surface area contributed by atoms with Gasteiger partial charge in [0.25, 0.3) is 5.91 Å². The fraction of sp³-hybridized carbons (Fsp3) is 0.857. The van der Waals surface area contributed by atoms with Crippen LogP contribution < -0.4 is 5.48 Å². The number of Topliss-reactive ketones (excluding diaryl/α,β-unsaturated/α-hetero) is 1. The molecule has 0 aliphatic heterocycles. The van der Waals surface area contributed by atoms with Gasteiger partial charge in [-0.25, -0.2) is 5.48 Å². The number of ketones is 1. The van der Waals surface area contributed by atoms with Gasteiger partial charge in [0.2, 0.25) is 0 Å². The number of aliphatic hydroxyl groups excluding tert-OH is 1. The van der Waals surface area contributed by atoms with Crippen molar-refractivity contribution >= 4 is 11.7 Å². The van der Waals surface area contributed by atoms with Gasteiger partial charge in [-0.1, -0.05) is 13.8 Å². The number of rotatable bonds is 4. The number of hydroxylamine groups is 1. The van der Waals surface area contributed by atoms with Crippen molar-refractivity contribution in [2.75, 3.05) is 6.61 Å². The number of hydrogen-bond acceptors (Lipinski definition) is 4. The summed E-state index contributed by atoms with van der Waals surface area (Å²) in [5.74, 6) is -0.0442. The lowest BCUT2D eigenvalue weighted by Gasteiger charge is -2.35. The van der Waals surface area contributed by atoms with Gasteiger partial charge < -0.3 is 5.11 Å². The predicted molar refractivity (Wildman–Crippen MR) is 69.0 cm³/mol. The van der Waals surface area contributed by atoms with Gasteiger partial charge in [-0.3, -0.25) is 14.4 Å². The van der Waals surface area contributed by atoms with Crippen LogP contribution >= 0.6 is 0 Å². The average Bonchev–Trinajstić information content (AvgIpc) is 2.70. The first-order valence-electron chi connectivity index (χ1n) is 6.80. The van der Waals surface area contributed by atoms with Crippen LogP contribution in [-0.4, -0.2) is 29.0 Å². The Morgan fingerprint density at radius 3 is 2.58 bits per heavy atom. The van der Waals surface area contributed by atoms with Gasteiger partial charge in [0, 0.05) is 6.42 Å². The highest BCUT2D eigenvalue weighted by Gasteiger charge is 2.68. The summed E-state index contributed by atoms with van der Waals surface area (Å²) in [4.78, 5) is 30.0. The molecule has 2 saturated carbocycles. The van der Waals surface area contributed by atoms with Gasteiger partial charge >= 0.3 is 0 Å². The molecule has 2 bridgehead atoms. The largest absolute Gasteiger partial charge is 0.393 e. The molecule has 5 heteroatoms. The van der Waals surface area contributed by atoms with Crippen molar-refractivity contribution in [1.82, 2.24) is 5.48 Å². The van der Waals surface area contributed by atoms with Crippen molar-refractivity contribution in [2.45, 2.75) is 52.6 Å². The molecule has 19 heavy (non-hydrogen) atoms. The Kier molecular flexibility index (Phi) is 3.26. The zero-order chi connectivity index (χ0) is 14.5. The van der Waals surface area contributed by atoms with Crippen LogP contribution in [0.4, 0.5) is 0 Å². The van der Waals surface area contributed by atoms with Gasteiger partial charge in [-0.05, 0) is 38.0 Å². The van der Waals surface area contributed by atoms with Gasteiger partial charge in [-0.2, -0.15) is 0 Å². The molecule has 0 spiro atoms. The van der Waals surface area contributed by atoms with Crippen molar-refractivity contribution in [3.8, 4) is 0 Å². The molecular formula is C14H23NO4. The fourth-order valence-corrected chi connectivity index (χ4v) is 3.51. The molecule has 0 aromatic carbocycles. The number of aliphatic hydroxyl groups is 1. The Morgan fingerprint density at radius 2 is 2.16 bits per heavy atom. The van der Waals surface area contributed by atoms with Crippen molar-refractivity contribution in [3.63, 3.8) is 0 Å². The lowest BCUT2D eigenvalue weighted by molar-refractivity contribution is -0.168. The summed E-state index contributed by atoms with van der Waals surface area (Å²) in [6.07, 6.45) is 2.00. The summed E-state index contributed by atoms with van der Waals surface area (Å²) < 4.78 is 0. The molecule has 0 unspecified atom stereocenters. The highest BCUT2D eigenvalue weighted by atomic mass is 16.7. The summed E-state index contributed by atoms with van der Waals surface area (Å²) in [6.45, 7) is 7.12. The first-order valence-corrected chi connectivity index (χ1v) is 6.80. The van der Waals surface area contributed by atoms with E-state index in [9.17, 15) is 9.59 Å². The average molecular weight is 269 g/mol. The van der Waals surface area contributed by atoms with Gasteiger partial charge in [0.15, 0.2) is 0 Å². The molecular weight excluding hydrogens is 246 g/mol. The molecule has 0 aromatic heterocycles. The monoisotopic (exact) mass is 269 g/mol. The molecule has 2 aliphatic carbocycles. The standard InChI is InChI=1S/C14H23NO4/c1-12(2,8-16)19-15-11(18)14-6-5-9(7-10(14)17)13(14,3)4/h9,16H,5-8H2,1-4H3,(H,15,18)/t9-,14+/m1/s1. The lowest BCUT2D eigenvalue weighted by atomic mass is 9.68. The molecule has 2 rings (SSSR count).